The van der Waals surface area contributed by atoms with Crippen LogP contribution in [0.5, 0.6) is 11.5 Å². The summed E-state index contributed by atoms with van der Waals surface area (Å²) in [5.74, 6) is 0.572. The lowest BCUT2D eigenvalue weighted by Gasteiger charge is -2.43. The van der Waals surface area contributed by atoms with E-state index >= 15 is 0 Å². The van der Waals surface area contributed by atoms with Crippen LogP contribution in [0.4, 0.5) is 10.6 Å². The molecule has 1 saturated heterocycles. The predicted octanol–water partition coefficient (Wildman–Crippen LogP) is 8.62. The van der Waals surface area contributed by atoms with Crippen molar-refractivity contribution < 1.29 is 46.5 Å². The Kier molecular flexibility index (Phi) is 16.8. The van der Waals surface area contributed by atoms with Gasteiger partial charge in [-0.25, -0.2) is 9.59 Å². The summed E-state index contributed by atoms with van der Waals surface area (Å²) in [7, 11) is -2.43. The fourth-order valence-corrected chi connectivity index (χ4v) is 13.5. The zero-order chi connectivity index (χ0) is 46.6. The third-order valence-corrected chi connectivity index (χ3v) is 16.9. The highest BCUT2D eigenvalue weighted by Gasteiger charge is 2.52. The molecule has 0 bridgehead atoms. The number of amides is 1. The molecule has 4 aromatic carbocycles. The maximum Gasteiger partial charge on any atom is 0.413 e. The highest BCUT2D eigenvalue weighted by atomic mass is 31.2. The molecule has 342 valence electrons. The molecule has 65 heavy (non-hydrogen) atoms. The smallest absolute Gasteiger partial charge is 0.413 e. The van der Waals surface area contributed by atoms with Crippen LogP contribution in [-0.4, -0.2) is 76.0 Å². The monoisotopic (exact) mass is 921 g/mol. The van der Waals surface area contributed by atoms with Crippen LogP contribution in [0.15, 0.2) is 145 Å². The van der Waals surface area contributed by atoms with Gasteiger partial charge in [-0.05, 0) is 40.0 Å². The van der Waals surface area contributed by atoms with Gasteiger partial charge in [0.05, 0.1) is 33.5 Å². The van der Waals surface area contributed by atoms with Gasteiger partial charge in [-0.1, -0.05) is 130 Å². The van der Waals surface area contributed by atoms with Crippen LogP contribution in [0.3, 0.4) is 0 Å². The minimum absolute atomic E-state index is 0.0196. The van der Waals surface area contributed by atoms with E-state index in [0.717, 1.165) is 10.4 Å². The number of hydrogen-bond donors (Lipinski definition) is 1. The van der Waals surface area contributed by atoms with E-state index in [-0.39, 0.29) is 42.9 Å². The number of aromatic nitrogens is 2. The number of Topliss-reactive ketones (excluding diaryl/α,β-unsaturated/α-hetero) is 1. The summed E-state index contributed by atoms with van der Waals surface area (Å²) >= 11 is 0. The second-order valence-corrected chi connectivity index (χ2v) is 21.6. The standard InChI is InChI=1S/C49H56N3O11PSi/c1-9-26-58-48(55)51-46-34(3)32-52(47(54)50-46)43-31-41(42(61-43)33-60-65(49(4,5)6,39-22-16-12-17-23-39)40-24-18-13-19-25-40)62-64(59-27-10-2)63-45(44(53)35-20-14-11-15-21-35)36-28-37(56-7)30-38(29-36)57-8/h9-25,28-30,32,41-43,45H,1-2,26-27,31,33H2,3-8H3,(H,50,51,54,55)/t41-,42+,43+,45?,64?/m0/s1. The predicted molar refractivity (Wildman–Crippen MR) is 253 cm³/mol. The van der Waals surface area contributed by atoms with Crippen LogP contribution in [0.25, 0.3) is 0 Å². The van der Waals surface area contributed by atoms with E-state index in [4.69, 9.17) is 36.9 Å². The van der Waals surface area contributed by atoms with Gasteiger partial charge < -0.3 is 32.4 Å². The molecule has 2 unspecified atom stereocenters. The van der Waals surface area contributed by atoms with Crippen molar-refractivity contribution in [3.05, 3.63) is 168 Å². The molecule has 1 amide bonds. The minimum atomic E-state index is -3.12. The molecule has 0 saturated carbocycles. The SMILES string of the molecule is C=CCOC(=O)Nc1nc(=O)n([C@H]2C[C@H](OP(OCC=C)OC(C(=O)c3ccccc3)c3cc(OC)cc(OC)c3)[C@@H](CO[Si](c3ccccc3)(c3ccccc3)C(C)(C)C)O2)cc1C. The molecule has 16 heteroatoms. The van der Waals surface area contributed by atoms with Gasteiger partial charge >= 0.3 is 20.4 Å². The molecule has 1 fully saturated rings. The molecular formula is C49H56N3O11PSi. The second kappa shape index (κ2) is 22.4. The molecule has 1 aromatic heterocycles. The highest BCUT2D eigenvalue weighted by Crippen LogP contribution is 2.50. The first kappa shape index (κ1) is 48.7. The number of nitrogens with one attached hydrogen (secondary N) is 1. The molecular weight excluding hydrogens is 866 g/mol. The highest BCUT2D eigenvalue weighted by molar-refractivity contribution is 7.41. The Balaban J connectivity index is 1.40. The van der Waals surface area contributed by atoms with Crippen LogP contribution >= 0.6 is 8.60 Å². The molecule has 5 aromatic rings. The quantitative estimate of drug-likeness (QED) is 0.0324. The van der Waals surface area contributed by atoms with Crippen molar-refractivity contribution in [2.45, 2.75) is 63.7 Å². The first-order valence-electron chi connectivity index (χ1n) is 21.1. The lowest BCUT2D eigenvalue weighted by atomic mass is 9.99. The van der Waals surface area contributed by atoms with E-state index in [2.05, 4.69) is 68.5 Å². The van der Waals surface area contributed by atoms with Crippen molar-refractivity contribution >= 4 is 45.0 Å². The summed E-state index contributed by atoms with van der Waals surface area (Å²) < 4.78 is 51.4. The van der Waals surface area contributed by atoms with E-state index in [9.17, 15) is 14.4 Å². The van der Waals surface area contributed by atoms with Gasteiger partial charge in [0, 0.05) is 29.8 Å². The number of nitrogens with zero attached hydrogens (tertiary/aromatic N) is 2. The zero-order valence-corrected chi connectivity index (χ0v) is 39.4. The number of carbonyl (C=O) groups is 2. The first-order valence-corrected chi connectivity index (χ1v) is 24.1. The van der Waals surface area contributed by atoms with Crippen molar-refractivity contribution in [1.82, 2.24) is 9.55 Å². The summed E-state index contributed by atoms with van der Waals surface area (Å²) in [6, 6.07) is 34.3. The fourth-order valence-electron chi connectivity index (χ4n) is 7.66. The topological polar surface area (TPSA) is 155 Å². The Morgan fingerprint density at radius 1 is 0.908 bits per heavy atom. The summed E-state index contributed by atoms with van der Waals surface area (Å²) in [5, 5.41) is 4.27. The normalized spacial score (nSPS) is 17.1. The molecule has 1 aliphatic heterocycles. The third-order valence-electron chi connectivity index (χ3n) is 10.7. The largest absolute Gasteiger partial charge is 0.497 e. The third kappa shape index (κ3) is 11.7. The maximum absolute atomic E-state index is 14.4. The summed E-state index contributed by atoms with van der Waals surface area (Å²) in [6.45, 7) is 15.7. The van der Waals surface area contributed by atoms with E-state index in [0.29, 0.717) is 28.2 Å². The number of ketones is 1. The average molecular weight is 922 g/mol. The summed E-state index contributed by atoms with van der Waals surface area (Å²) in [4.78, 5) is 44.8. The molecule has 5 atom stereocenters. The number of carbonyl (C=O) groups excluding carboxylic acids is 2. The molecule has 1 aliphatic rings. The van der Waals surface area contributed by atoms with Crippen molar-refractivity contribution in [2.24, 2.45) is 0 Å². The van der Waals surface area contributed by atoms with E-state index < -0.39 is 53.2 Å². The van der Waals surface area contributed by atoms with Crippen molar-refractivity contribution in [3.8, 4) is 11.5 Å². The Bertz CT molecular complexity index is 2390. The first-order chi connectivity index (χ1) is 31.3. The van der Waals surface area contributed by atoms with Gasteiger partial charge in [0.15, 0.2) is 11.9 Å². The molecule has 0 spiro atoms. The van der Waals surface area contributed by atoms with Crippen LogP contribution in [0.1, 0.15) is 61.0 Å². The van der Waals surface area contributed by atoms with Gasteiger partial charge in [0.25, 0.3) is 8.32 Å². The van der Waals surface area contributed by atoms with Crippen molar-refractivity contribution in [3.63, 3.8) is 0 Å². The lowest BCUT2D eigenvalue weighted by Crippen LogP contribution is -2.67. The van der Waals surface area contributed by atoms with Crippen LogP contribution < -0.4 is 30.9 Å². The number of anilines is 1. The van der Waals surface area contributed by atoms with Gasteiger partial charge in [-0.2, -0.15) is 4.98 Å². The van der Waals surface area contributed by atoms with E-state index in [1.165, 1.54) is 24.9 Å². The molecule has 1 N–H and O–H groups in total. The number of methoxy groups -OCH3 is 2. The molecule has 0 radical (unpaired) electrons. The number of aryl methyl sites for hydroxylation is 1. The molecule has 14 nitrogen and oxygen atoms in total. The Labute approximate surface area is 382 Å². The number of ether oxygens (including phenoxy) is 4. The molecule has 0 aliphatic carbocycles. The zero-order valence-electron chi connectivity index (χ0n) is 37.5. The summed E-state index contributed by atoms with van der Waals surface area (Å²) in [5.41, 5.74) is 0.626. The lowest BCUT2D eigenvalue weighted by molar-refractivity contribution is -0.0420. The van der Waals surface area contributed by atoms with Crippen LogP contribution in [0.2, 0.25) is 5.04 Å². The van der Waals surface area contributed by atoms with Crippen LogP contribution in [0, 0.1) is 6.92 Å². The van der Waals surface area contributed by atoms with Gasteiger partial charge in [-0.15, -0.1) is 6.58 Å². The van der Waals surface area contributed by atoms with Gasteiger partial charge in [0.2, 0.25) is 0 Å². The van der Waals surface area contributed by atoms with E-state index in [1.807, 2.05) is 42.5 Å². The van der Waals surface area contributed by atoms with Gasteiger partial charge in [0.1, 0.15) is 36.3 Å². The Morgan fingerprint density at radius 3 is 2.05 bits per heavy atom. The summed E-state index contributed by atoms with van der Waals surface area (Å²) in [6.07, 6.45) is 0.105. The van der Waals surface area contributed by atoms with E-state index in [1.54, 1.807) is 61.7 Å². The number of rotatable bonds is 21. The Hall–Kier alpha value is -5.77. The average Bonchev–Trinajstić information content (AvgIpc) is 3.72. The fraction of sp³-hybridized carbons (Fsp3) is 0.306. The second-order valence-electron chi connectivity index (χ2n) is 16.1. The van der Waals surface area contributed by atoms with Crippen molar-refractivity contribution in [1.29, 1.82) is 0 Å². The minimum Gasteiger partial charge on any atom is -0.497 e. The number of benzene rings is 4. The Morgan fingerprint density at radius 2 is 1.49 bits per heavy atom. The maximum atomic E-state index is 14.4. The molecule has 6 rings (SSSR count). The van der Waals surface area contributed by atoms with Crippen LogP contribution in [-0.2, 0) is 27.5 Å². The molecule has 2 heterocycles. The van der Waals surface area contributed by atoms with Crippen molar-refractivity contribution in [2.75, 3.05) is 39.4 Å². The number of hydrogen-bond acceptors (Lipinski definition) is 12. The van der Waals surface area contributed by atoms with Gasteiger partial charge in [-0.3, -0.25) is 19.2 Å².